The Bertz CT molecular complexity index is 1200. The molecule has 0 saturated heterocycles. The number of fused-ring (bicyclic) bond motifs is 1. The third-order valence-electron chi connectivity index (χ3n) is 5.27. The van der Waals surface area contributed by atoms with E-state index in [1.807, 2.05) is 13.0 Å². The molecule has 4 aromatic rings. The maximum atomic E-state index is 4.97. The van der Waals surface area contributed by atoms with Crippen LogP contribution in [-0.2, 0) is 0 Å². The predicted molar refractivity (Wildman–Crippen MR) is 119 cm³/mol. The van der Waals surface area contributed by atoms with E-state index in [1.54, 1.807) is 0 Å². The van der Waals surface area contributed by atoms with Gasteiger partial charge < -0.3 is 10.6 Å². The van der Waals surface area contributed by atoms with E-state index in [9.17, 15) is 0 Å². The summed E-state index contributed by atoms with van der Waals surface area (Å²) in [6.07, 6.45) is 3.34. The zero-order chi connectivity index (χ0) is 19.6. The molecular weight excluding hydrogens is 358 g/mol. The summed E-state index contributed by atoms with van der Waals surface area (Å²) in [7, 11) is 0. The third-order valence-corrected chi connectivity index (χ3v) is 5.27. The topological polar surface area (TPSA) is 65.6 Å². The van der Waals surface area contributed by atoms with Crippen LogP contribution in [0.15, 0.2) is 66.7 Å². The first kappa shape index (κ1) is 17.6. The minimum absolute atomic E-state index is 0.768. The SMILES string of the molecule is Cc1cc(Nc2cc3ccccc3c(-c3cccc(C4=CCNCC4)c3)n2)n[nH]1. The molecule has 5 nitrogen and oxygen atoms in total. The van der Waals surface area contributed by atoms with Crippen LogP contribution in [0, 0.1) is 6.92 Å². The Morgan fingerprint density at radius 3 is 2.66 bits per heavy atom. The number of aryl methyl sites for hydroxylation is 1. The van der Waals surface area contributed by atoms with Gasteiger partial charge in [0.25, 0.3) is 0 Å². The Morgan fingerprint density at radius 1 is 0.931 bits per heavy atom. The first-order valence-corrected chi connectivity index (χ1v) is 9.96. The molecule has 1 aliphatic heterocycles. The molecule has 0 fully saturated rings. The molecule has 144 valence electrons. The van der Waals surface area contributed by atoms with E-state index >= 15 is 0 Å². The van der Waals surface area contributed by atoms with Crippen molar-refractivity contribution in [2.75, 3.05) is 18.4 Å². The van der Waals surface area contributed by atoms with Crippen molar-refractivity contribution in [2.24, 2.45) is 0 Å². The summed E-state index contributed by atoms with van der Waals surface area (Å²) in [6, 6.07) is 21.1. The predicted octanol–water partition coefficient (Wildman–Crippen LogP) is 5.05. The van der Waals surface area contributed by atoms with Gasteiger partial charge in [-0.3, -0.25) is 5.10 Å². The van der Waals surface area contributed by atoms with Gasteiger partial charge in [0.05, 0.1) is 5.69 Å². The molecule has 0 atom stereocenters. The molecule has 0 saturated carbocycles. The number of pyridine rings is 1. The first-order valence-electron chi connectivity index (χ1n) is 9.96. The van der Waals surface area contributed by atoms with Crippen LogP contribution in [0.5, 0.6) is 0 Å². The maximum absolute atomic E-state index is 4.97. The summed E-state index contributed by atoms with van der Waals surface area (Å²) in [5.74, 6) is 1.56. The Hall–Kier alpha value is -3.44. The van der Waals surface area contributed by atoms with Gasteiger partial charge in [0.1, 0.15) is 5.82 Å². The van der Waals surface area contributed by atoms with Gasteiger partial charge in [0.2, 0.25) is 0 Å². The van der Waals surface area contributed by atoms with Gasteiger partial charge in [-0.1, -0.05) is 48.5 Å². The van der Waals surface area contributed by atoms with E-state index in [4.69, 9.17) is 4.98 Å². The summed E-state index contributed by atoms with van der Waals surface area (Å²) in [6.45, 7) is 3.95. The van der Waals surface area contributed by atoms with E-state index in [-0.39, 0.29) is 0 Å². The number of benzene rings is 2. The molecule has 0 unspecified atom stereocenters. The van der Waals surface area contributed by atoms with Crippen molar-refractivity contribution >= 4 is 28.0 Å². The van der Waals surface area contributed by atoms with E-state index in [0.717, 1.165) is 58.9 Å². The number of nitrogens with zero attached hydrogens (tertiary/aromatic N) is 2. The van der Waals surface area contributed by atoms with Crippen molar-refractivity contribution < 1.29 is 0 Å². The fourth-order valence-electron chi connectivity index (χ4n) is 3.85. The number of rotatable bonds is 4. The summed E-state index contributed by atoms with van der Waals surface area (Å²) in [4.78, 5) is 4.97. The minimum atomic E-state index is 0.768. The second kappa shape index (κ2) is 7.53. The van der Waals surface area contributed by atoms with Crippen LogP contribution in [0.4, 0.5) is 11.6 Å². The summed E-state index contributed by atoms with van der Waals surface area (Å²) in [5.41, 5.74) is 5.79. The summed E-state index contributed by atoms with van der Waals surface area (Å²) >= 11 is 0. The molecule has 5 heteroatoms. The molecule has 3 heterocycles. The molecule has 3 N–H and O–H groups in total. The highest BCUT2D eigenvalue weighted by atomic mass is 15.2. The van der Waals surface area contributed by atoms with Gasteiger partial charge >= 0.3 is 0 Å². The number of H-pyrrole nitrogens is 1. The zero-order valence-corrected chi connectivity index (χ0v) is 16.4. The van der Waals surface area contributed by atoms with Gasteiger partial charge in [-0.05, 0) is 48.5 Å². The van der Waals surface area contributed by atoms with Gasteiger partial charge in [-0.15, -0.1) is 0 Å². The highest BCUT2D eigenvalue weighted by molar-refractivity contribution is 5.97. The van der Waals surface area contributed by atoms with Crippen molar-refractivity contribution in [2.45, 2.75) is 13.3 Å². The van der Waals surface area contributed by atoms with Crippen molar-refractivity contribution in [3.05, 3.63) is 78.0 Å². The van der Waals surface area contributed by atoms with Crippen LogP contribution in [0.25, 0.3) is 27.6 Å². The summed E-state index contributed by atoms with van der Waals surface area (Å²) in [5, 5.41) is 16.3. The molecule has 29 heavy (non-hydrogen) atoms. The fraction of sp³-hybridized carbons (Fsp3) is 0.167. The monoisotopic (exact) mass is 381 g/mol. The minimum Gasteiger partial charge on any atom is -0.323 e. The molecule has 0 aliphatic carbocycles. The number of nitrogens with one attached hydrogen (secondary N) is 3. The molecular formula is C24H23N5. The van der Waals surface area contributed by atoms with Crippen LogP contribution in [0.1, 0.15) is 17.7 Å². The highest BCUT2D eigenvalue weighted by Crippen LogP contribution is 2.32. The molecule has 0 amide bonds. The molecule has 5 rings (SSSR count). The summed E-state index contributed by atoms with van der Waals surface area (Å²) < 4.78 is 0. The van der Waals surface area contributed by atoms with Crippen LogP contribution >= 0.6 is 0 Å². The largest absolute Gasteiger partial charge is 0.323 e. The third kappa shape index (κ3) is 3.65. The van der Waals surface area contributed by atoms with E-state index in [1.165, 1.54) is 11.1 Å². The van der Waals surface area contributed by atoms with Gasteiger partial charge in [-0.2, -0.15) is 5.10 Å². The molecule has 1 aliphatic rings. The van der Waals surface area contributed by atoms with Gasteiger partial charge in [-0.25, -0.2) is 4.98 Å². The smallest absolute Gasteiger partial charge is 0.153 e. The Morgan fingerprint density at radius 2 is 1.83 bits per heavy atom. The average Bonchev–Trinajstić information content (AvgIpc) is 3.18. The van der Waals surface area contributed by atoms with E-state index in [2.05, 4.69) is 81.5 Å². The van der Waals surface area contributed by atoms with Crippen LogP contribution in [0.3, 0.4) is 0 Å². The molecule has 2 aromatic heterocycles. The van der Waals surface area contributed by atoms with Crippen LogP contribution < -0.4 is 10.6 Å². The molecule has 2 aromatic carbocycles. The van der Waals surface area contributed by atoms with E-state index < -0.39 is 0 Å². The Kier molecular flexibility index (Phi) is 4.58. The quantitative estimate of drug-likeness (QED) is 0.463. The molecule has 0 bridgehead atoms. The Labute approximate surface area is 169 Å². The number of hydrogen-bond donors (Lipinski definition) is 3. The molecule has 0 radical (unpaired) electrons. The number of aromatic nitrogens is 3. The van der Waals surface area contributed by atoms with Gasteiger partial charge in [0.15, 0.2) is 5.82 Å². The van der Waals surface area contributed by atoms with Crippen LogP contribution in [0.2, 0.25) is 0 Å². The number of aromatic amines is 1. The number of hydrogen-bond acceptors (Lipinski definition) is 4. The fourth-order valence-corrected chi connectivity index (χ4v) is 3.85. The average molecular weight is 381 g/mol. The standard InChI is InChI=1S/C24H23N5/c1-16-13-23(29-28-16)26-22-15-19-5-2-3-8-21(19)24(27-22)20-7-4-6-18(14-20)17-9-11-25-12-10-17/h2-9,13-15,25H,10-12H2,1H3,(H2,26,27,28,29). The van der Waals surface area contributed by atoms with Crippen molar-refractivity contribution in [3.8, 4) is 11.3 Å². The lowest BCUT2D eigenvalue weighted by Crippen LogP contribution is -2.19. The number of anilines is 2. The van der Waals surface area contributed by atoms with E-state index in [0.29, 0.717) is 0 Å². The maximum Gasteiger partial charge on any atom is 0.153 e. The second-order valence-electron chi connectivity index (χ2n) is 7.40. The zero-order valence-electron chi connectivity index (χ0n) is 16.4. The van der Waals surface area contributed by atoms with Crippen molar-refractivity contribution in [3.63, 3.8) is 0 Å². The second-order valence-corrected chi connectivity index (χ2v) is 7.40. The van der Waals surface area contributed by atoms with Crippen LogP contribution in [-0.4, -0.2) is 28.3 Å². The normalized spacial score (nSPS) is 14.0. The highest BCUT2D eigenvalue weighted by Gasteiger charge is 2.12. The molecule has 0 spiro atoms. The van der Waals surface area contributed by atoms with Crippen molar-refractivity contribution in [1.82, 2.24) is 20.5 Å². The van der Waals surface area contributed by atoms with Gasteiger partial charge in [0, 0.05) is 29.3 Å². The Balaban J connectivity index is 1.61. The lowest BCUT2D eigenvalue weighted by atomic mass is 9.96. The lowest BCUT2D eigenvalue weighted by molar-refractivity contribution is 0.738. The first-order chi connectivity index (χ1) is 14.3. The van der Waals surface area contributed by atoms with Crippen molar-refractivity contribution in [1.29, 1.82) is 0 Å². The lowest BCUT2D eigenvalue weighted by Gasteiger charge is -2.16.